The molecule has 148 valence electrons. The van der Waals surface area contributed by atoms with E-state index in [0.717, 1.165) is 25.8 Å². The van der Waals surface area contributed by atoms with Crippen LogP contribution in [0.2, 0.25) is 0 Å². The second-order valence-corrected chi connectivity index (χ2v) is 7.15. The lowest BCUT2D eigenvalue weighted by Gasteiger charge is -2.36. The summed E-state index contributed by atoms with van der Waals surface area (Å²) in [6.45, 7) is 2.11. The Labute approximate surface area is 162 Å². The standard InChI is InChI=1S/C20H23N3O5/c1-27-15-6-4-13(5-7-15)18-17(20(25)26)19(21-28-18)22-11-8-14(9-12-22)23-10-2-3-16(23)24/h4-7,14H,2-3,8-12H2,1H3,(H,25,26). The molecule has 0 atom stereocenters. The van der Waals surface area contributed by atoms with Crippen molar-refractivity contribution in [3.8, 4) is 17.1 Å². The quantitative estimate of drug-likeness (QED) is 0.845. The number of nitrogens with zero attached hydrogens (tertiary/aromatic N) is 3. The van der Waals surface area contributed by atoms with E-state index in [1.54, 1.807) is 31.4 Å². The summed E-state index contributed by atoms with van der Waals surface area (Å²) < 4.78 is 10.6. The van der Waals surface area contributed by atoms with Gasteiger partial charge in [-0.25, -0.2) is 4.79 Å². The smallest absolute Gasteiger partial charge is 0.343 e. The largest absolute Gasteiger partial charge is 0.497 e. The molecule has 0 unspecified atom stereocenters. The number of piperidine rings is 1. The lowest BCUT2D eigenvalue weighted by molar-refractivity contribution is -0.130. The fourth-order valence-corrected chi connectivity index (χ4v) is 4.07. The number of carbonyl (C=O) groups excluding carboxylic acids is 1. The van der Waals surface area contributed by atoms with Crippen LogP contribution in [0.4, 0.5) is 5.82 Å². The van der Waals surface area contributed by atoms with Crippen molar-refractivity contribution in [1.82, 2.24) is 10.1 Å². The lowest BCUT2D eigenvalue weighted by atomic mass is 10.0. The molecule has 1 N–H and O–H groups in total. The summed E-state index contributed by atoms with van der Waals surface area (Å²) in [4.78, 5) is 27.8. The summed E-state index contributed by atoms with van der Waals surface area (Å²) >= 11 is 0. The molecule has 2 aliphatic rings. The van der Waals surface area contributed by atoms with Crippen molar-refractivity contribution in [3.05, 3.63) is 29.8 Å². The minimum atomic E-state index is -1.07. The predicted molar refractivity (Wildman–Crippen MR) is 102 cm³/mol. The highest BCUT2D eigenvalue weighted by molar-refractivity contribution is 5.99. The molecular formula is C20H23N3O5. The highest BCUT2D eigenvalue weighted by Crippen LogP contribution is 2.34. The Morgan fingerprint density at radius 3 is 2.50 bits per heavy atom. The van der Waals surface area contributed by atoms with Crippen LogP contribution in [0.3, 0.4) is 0 Å². The van der Waals surface area contributed by atoms with Crippen LogP contribution >= 0.6 is 0 Å². The molecule has 8 heteroatoms. The number of carboxylic acids is 1. The molecule has 1 amide bonds. The Bertz CT molecular complexity index is 868. The number of methoxy groups -OCH3 is 1. The summed E-state index contributed by atoms with van der Waals surface area (Å²) in [5, 5.41) is 13.9. The number of carbonyl (C=O) groups is 2. The number of hydrogen-bond acceptors (Lipinski definition) is 6. The Morgan fingerprint density at radius 2 is 1.93 bits per heavy atom. The number of rotatable bonds is 5. The molecule has 0 aliphatic carbocycles. The molecule has 0 spiro atoms. The summed E-state index contributed by atoms with van der Waals surface area (Å²) in [7, 11) is 1.57. The Hall–Kier alpha value is -3.03. The summed E-state index contributed by atoms with van der Waals surface area (Å²) in [6, 6.07) is 7.23. The number of aromatic carboxylic acids is 1. The SMILES string of the molecule is COc1ccc(-c2onc(N3CCC(N4CCCC4=O)CC3)c2C(=O)O)cc1. The second kappa shape index (κ2) is 7.53. The Balaban J connectivity index is 1.54. The number of carboxylic acid groups (broad SMARTS) is 1. The van der Waals surface area contributed by atoms with Gasteiger partial charge in [0.15, 0.2) is 17.1 Å². The van der Waals surface area contributed by atoms with Gasteiger partial charge in [0.05, 0.1) is 7.11 Å². The molecule has 2 fully saturated rings. The predicted octanol–water partition coefficient (Wildman–Crippen LogP) is 2.64. The molecule has 4 rings (SSSR count). The number of amides is 1. The van der Waals surface area contributed by atoms with Gasteiger partial charge in [0.1, 0.15) is 5.75 Å². The van der Waals surface area contributed by atoms with Gasteiger partial charge in [0, 0.05) is 37.7 Å². The molecular weight excluding hydrogens is 362 g/mol. The minimum absolute atomic E-state index is 0.0702. The summed E-state index contributed by atoms with van der Waals surface area (Å²) in [5.74, 6) is 0.428. The molecule has 3 heterocycles. The van der Waals surface area contributed by atoms with Crippen LogP contribution in [0.15, 0.2) is 28.8 Å². The van der Waals surface area contributed by atoms with E-state index in [9.17, 15) is 14.7 Å². The molecule has 2 aliphatic heterocycles. The van der Waals surface area contributed by atoms with Crippen LogP contribution in [-0.2, 0) is 4.79 Å². The first-order valence-electron chi connectivity index (χ1n) is 9.50. The molecule has 2 saturated heterocycles. The van der Waals surface area contributed by atoms with E-state index in [4.69, 9.17) is 9.26 Å². The van der Waals surface area contributed by atoms with Crippen LogP contribution in [0.5, 0.6) is 5.75 Å². The van der Waals surface area contributed by atoms with Crippen molar-refractivity contribution in [2.24, 2.45) is 0 Å². The molecule has 2 aromatic rings. The third-order valence-electron chi connectivity index (χ3n) is 5.55. The zero-order valence-electron chi connectivity index (χ0n) is 15.8. The zero-order valence-corrected chi connectivity index (χ0v) is 15.8. The molecule has 0 saturated carbocycles. The Kier molecular flexibility index (Phi) is 4.93. The lowest BCUT2D eigenvalue weighted by Crippen LogP contribution is -2.45. The third kappa shape index (κ3) is 3.30. The van der Waals surface area contributed by atoms with Gasteiger partial charge in [-0.15, -0.1) is 0 Å². The molecule has 8 nitrogen and oxygen atoms in total. The van der Waals surface area contributed by atoms with Gasteiger partial charge in [0.25, 0.3) is 0 Å². The first-order chi connectivity index (χ1) is 13.6. The van der Waals surface area contributed by atoms with Crippen LogP contribution in [-0.4, -0.2) is 59.8 Å². The average molecular weight is 385 g/mol. The normalized spacial score (nSPS) is 18.0. The average Bonchev–Trinajstić information content (AvgIpc) is 3.35. The van der Waals surface area contributed by atoms with Gasteiger partial charge < -0.3 is 24.2 Å². The summed E-state index contributed by atoms with van der Waals surface area (Å²) in [6.07, 6.45) is 3.17. The van der Waals surface area contributed by atoms with E-state index in [1.165, 1.54) is 0 Å². The first-order valence-corrected chi connectivity index (χ1v) is 9.50. The molecule has 28 heavy (non-hydrogen) atoms. The minimum Gasteiger partial charge on any atom is -0.497 e. The molecule has 0 bridgehead atoms. The number of benzene rings is 1. The van der Waals surface area contributed by atoms with Gasteiger partial charge in [0.2, 0.25) is 5.91 Å². The van der Waals surface area contributed by atoms with Crippen molar-refractivity contribution in [2.75, 3.05) is 31.6 Å². The van der Waals surface area contributed by atoms with Crippen molar-refractivity contribution in [2.45, 2.75) is 31.7 Å². The van der Waals surface area contributed by atoms with Gasteiger partial charge in [-0.3, -0.25) is 4.79 Å². The van der Waals surface area contributed by atoms with Crippen molar-refractivity contribution in [3.63, 3.8) is 0 Å². The number of ether oxygens (including phenoxy) is 1. The molecule has 1 aromatic heterocycles. The maximum absolute atomic E-state index is 12.0. The number of hydrogen-bond donors (Lipinski definition) is 1. The highest BCUT2D eigenvalue weighted by Gasteiger charge is 2.34. The van der Waals surface area contributed by atoms with Crippen LogP contribution < -0.4 is 9.64 Å². The van der Waals surface area contributed by atoms with Crippen molar-refractivity contribution in [1.29, 1.82) is 0 Å². The van der Waals surface area contributed by atoms with Crippen LogP contribution in [0, 0.1) is 0 Å². The second-order valence-electron chi connectivity index (χ2n) is 7.15. The summed E-state index contributed by atoms with van der Waals surface area (Å²) in [5.41, 5.74) is 0.704. The van der Waals surface area contributed by atoms with E-state index in [2.05, 4.69) is 5.16 Å². The van der Waals surface area contributed by atoms with Gasteiger partial charge >= 0.3 is 5.97 Å². The molecule has 0 radical (unpaired) electrons. The van der Waals surface area contributed by atoms with Crippen LogP contribution in [0.1, 0.15) is 36.0 Å². The number of anilines is 1. The first kappa shape index (κ1) is 18.3. The van der Waals surface area contributed by atoms with E-state index in [0.29, 0.717) is 36.6 Å². The fraction of sp³-hybridized carbons (Fsp3) is 0.450. The van der Waals surface area contributed by atoms with E-state index < -0.39 is 5.97 Å². The number of aromatic nitrogens is 1. The number of likely N-dealkylation sites (tertiary alicyclic amines) is 1. The van der Waals surface area contributed by atoms with E-state index in [1.807, 2.05) is 9.80 Å². The maximum Gasteiger partial charge on any atom is 0.343 e. The topological polar surface area (TPSA) is 96.1 Å². The third-order valence-corrected chi connectivity index (χ3v) is 5.55. The van der Waals surface area contributed by atoms with E-state index >= 15 is 0 Å². The van der Waals surface area contributed by atoms with E-state index in [-0.39, 0.29) is 23.3 Å². The fourth-order valence-electron chi connectivity index (χ4n) is 4.07. The Morgan fingerprint density at radius 1 is 1.21 bits per heavy atom. The highest BCUT2D eigenvalue weighted by atomic mass is 16.5. The van der Waals surface area contributed by atoms with Crippen molar-refractivity contribution < 1.29 is 24.0 Å². The van der Waals surface area contributed by atoms with Gasteiger partial charge in [-0.05, 0) is 43.5 Å². The van der Waals surface area contributed by atoms with Gasteiger partial charge in [-0.2, -0.15) is 0 Å². The van der Waals surface area contributed by atoms with Crippen LogP contribution in [0.25, 0.3) is 11.3 Å². The van der Waals surface area contributed by atoms with Gasteiger partial charge in [-0.1, -0.05) is 5.16 Å². The van der Waals surface area contributed by atoms with Crippen molar-refractivity contribution >= 4 is 17.7 Å². The maximum atomic E-state index is 12.0. The molecule has 1 aromatic carbocycles. The monoisotopic (exact) mass is 385 g/mol. The zero-order chi connectivity index (χ0) is 19.7.